The van der Waals surface area contributed by atoms with Crippen LogP contribution < -0.4 is 10.2 Å². The summed E-state index contributed by atoms with van der Waals surface area (Å²) < 4.78 is 56.5. The molecule has 5 nitrogen and oxygen atoms in total. The number of rotatable bonds is 4. The zero-order valence-corrected chi connectivity index (χ0v) is 9.64. The summed E-state index contributed by atoms with van der Waals surface area (Å²) in [5.74, 6) is -1.91. The van der Waals surface area contributed by atoms with Crippen molar-refractivity contribution >= 4 is 5.97 Å². The van der Waals surface area contributed by atoms with E-state index >= 15 is 0 Å². The number of nitrogens with one attached hydrogen (secondary N) is 1. The maximum Gasteiger partial charge on any atom is 0.573 e. The van der Waals surface area contributed by atoms with Gasteiger partial charge in [0.1, 0.15) is 6.67 Å². The predicted molar refractivity (Wildman–Crippen MR) is 54.3 cm³/mol. The van der Waals surface area contributed by atoms with Gasteiger partial charge in [-0.1, -0.05) is 0 Å². The normalized spacial score (nSPS) is 11.2. The molecule has 1 N–H and O–H groups in total. The summed E-state index contributed by atoms with van der Waals surface area (Å²) in [4.78, 5) is 24.6. The smallest absolute Gasteiger partial charge is 0.469 e. The number of methoxy groups -OCH3 is 1. The van der Waals surface area contributed by atoms with Gasteiger partial charge in [0, 0.05) is 11.8 Å². The Morgan fingerprint density at radius 3 is 2.53 bits per heavy atom. The summed E-state index contributed by atoms with van der Waals surface area (Å²) in [6.45, 7) is -1.38. The van der Waals surface area contributed by atoms with Crippen LogP contribution in [0, 0.1) is 0 Å². The highest BCUT2D eigenvalue weighted by atomic mass is 19.4. The molecule has 106 valence electrons. The van der Waals surface area contributed by atoms with Crippen LogP contribution in [-0.2, 0) is 22.6 Å². The van der Waals surface area contributed by atoms with Gasteiger partial charge in [-0.2, -0.15) is 0 Å². The maximum absolute atomic E-state index is 12.6. The van der Waals surface area contributed by atoms with Crippen LogP contribution in [-0.4, -0.2) is 24.4 Å². The number of carbonyl (C=O) groups excluding carboxylic acids is 1. The molecule has 1 aromatic rings. The Balaban J connectivity index is 3.15. The first-order valence-electron chi connectivity index (χ1n) is 4.90. The molecule has 19 heavy (non-hydrogen) atoms. The molecule has 0 aliphatic rings. The Hall–Kier alpha value is -2.06. The van der Waals surface area contributed by atoms with Crippen molar-refractivity contribution in [3.05, 3.63) is 27.7 Å². The van der Waals surface area contributed by atoms with E-state index in [9.17, 15) is 27.2 Å². The van der Waals surface area contributed by atoms with Crippen LogP contribution in [0.2, 0.25) is 0 Å². The number of esters is 1. The maximum atomic E-state index is 12.6. The van der Waals surface area contributed by atoms with Gasteiger partial charge >= 0.3 is 12.3 Å². The highest BCUT2D eigenvalue weighted by molar-refractivity contribution is 5.71. The van der Waals surface area contributed by atoms with Crippen LogP contribution in [0.25, 0.3) is 0 Å². The van der Waals surface area contributed by atoms with E-state index in [-0.39, 0.29) is 5.69 Å². The van der Waals surface area contributed by atoms with E-state index < -0.39 is 42.3 Å². The minimum absolute atomic E-state index is 0.0703. The van der Waals surface area contributed by atoms with Crippen molar-refractivity contribution in [1.29, 1.82) is 0 Å². The Morgan fingerprint density at radius 2 is 2.05 bits per heavy atom. The molecular weight excluding hydrogens is 274 g/mol. The molecule has 0 unspecified atom stereocenters. The average Bonchev–Trinajstić information content (AvgIpc) is 2.30. The number of ether oxygens (including phenoxy) is 2. The number of aromatic amines is 1. The van der Waals surface area contributed by atoms with Crippen molar-refractivity contribution < 1.29 is 31.8 Å². The van der Waals surface area contributed by atoms with Gasteiger partial charge in [-0.3, -0.25) is 9.59 Å². The largest absolute Gasteiger partial charge is 0.573 e. The Labute approximate surface area is 104 Å². The molecule has 9 heteroatoms. The van der Waals surface area contributed by atoms with E-state index in [1.807, 2.05) is 0 Å². The van der Waals surface area contributed by atoms with Crippen LogP contribution in [0.4, 0.5) is 17.6 Å². The van der Waals surface area contributed by atoms with E-state index in [0.29, 0.717) is 0 Å². The lowest BCUT2D eigenvalue weighted by Gasteiger charge is -2.12. The van der Waals surface area contributed by atoms with Crippen LogP contribution >= 0.6 is 0 Å². The molecular formula is C10H9F4NO4. The molecule has 0 radical (unpaired) electrons. The van der Waals surface area contributed by atoms with Crippen molar-refractivity contribution in [2.24, 2.45) is 0 Å². The number of halogens is 4. The van der Waals surface area contributed by atoms with Gasteiger partial charge < -0.3 is 14.5 Å². The third kappa shape index (κ3) is 4.27. The molecule has 0 bridgehead atoms. The number of hydrogen-bond acceptors (Lipinski definition) is 4. The highest BCUT2D eigenvalue weighted by Crippen LogP contribution is 2.23. The topological polar surface area (TPSA) is 68.4 Å². The number of alkyl halides is 4. The molecule has 0 aliphatic carbocycles. The monoisotopic (exact) mass is 283 g/mol. The third-order valence-electron chi connectivity index (χ3n) is 2.03. The molecule has 1 heterocycles. The van der Waals surface area contributed by atoms with Crippen LogP contribution in [0.5, 0.6) is 5.75 Å². The molecule has 0 saturated heterocycles. The van der Waals surface area contributed by atoms with Crippen molar-refractivity contribution in [1.82, 2.24) is 4.98 Å². The van der Waals surface area contributed by atoms with Crippen LogP contribution in [0.1, 0.15) is 11.4 Å². The van der Waals surface area contributed by atoms with E-state index in [0.717, 1.165) is 13.2 Å². The molecule has 1 aromatic heterocycles. The zero-order chi connectivity index (χ0) is 14.6. The second-order valence-electron chi connectivity index (χ2n) is 3.40. The lowest BCUT2D eigenvalue weighted by Crippen LogP contribution is -2.24. The number of aromatic nitrogens is 1. The van der Waals surface area contributed by atoms with Crippen molar-refractivity contribution in [3.63, 3.8) is 0 Å². The van der Waals surface area contributed by atoms with Crippen molar-refractivity contribution in [2.75, 3.05) is 7.11 Å². The number of H-pyrrole nitrogens is 1. The fraction of sp³-hybridized carbons (Fsp3) is 0.400. The lowest BCUT2D eigenvalue weighted by atomic mass is 10.2. The van der Waals surface area contributed by atoms with Crippen LogP contribution in [0.3, 0.4) is 0 Å². The first-order valence-corrected chi connectivity index (χ1v) is 4.90. The quantitative estimate of drug-likeness (QED) is 0.671. The lowest BCUT2D eigenvalue weighted by molar-refractivity contribution is -0.275. The van der Waals surface area contributed by atoms with Gasteiger partial charge in [-0.25, -0.2) is 4.39 Å². The molecule has 0 spiro atoms. The fourth-order valence-corrected chi connectivity index (χ4v) is 1.30. The summed E-state index contributed by atoms with van der Waals surface area (Å²) in [7, 11) is 1.09. The number of pyridine rings is 1. The Kier molecular flexibility index (Phi) is 4.52. The van der Waals surface area contributed by atoms with Gasteiger partial charge in [0.15, 0.2) is 5.75 Å². The summed E-state index contributed by atoms with van der Waals surface area (Å²) >= 11 is 0. The fourth-order valence-electron chi connectivity index (χ4n) is 1.30. The first-order chi connectivity index (χ1) is 8.76. The molecule has 0 atom stereocenters. The van der Waals surface area contributed by atoms with E-state index in [2.05, 4.69) is 14.5 Å². The minimum atomic E-state index is -5.11. The second-order valence-corrected chi connectivity index (χ2v) is 3.40. The zero-order valence-electron chi connectivity index (χ0n) is 9.64. The molecule has 0 aromatic carbocycles. The summed E-state index contributed by atoms with van der Waals surface area (Å²) in [5, 5.41) is 0. The van der Waals surface area contributed by atoms with Gasteiger partial charge in [0.2, 0.25) is 5.43 Å². The molecule has 0 fully saturated rings. The first kappa shape index (κ1) is 15.0. The highest BCUT2D eigenvalue weighted by Gasteiger charge is 2.33. The van der Waals surface area contributed by atoms with E-state index in [4.69, 9.17) is 0 Å². The standard InChI is InChI=1S/C10H9F4NO4/c1-18-8(17)3-5-2-7(16)9(6(4-11)15-5)19-10(12,13)14/h2H,3-4H2,1H3,(H,15,16). The van der Waals surface area contributed by atoms with Crippen molar-refractivity contribution in [2.45, 2.75) is 19.5 Å². The van der Waals surface area contributed by atoms with E-state index in [1.54, 1.807) is 0 Å². The Bertz CT molecular complexity index is 523. The van der Waals surface area contributed by atoms with Gasteiger partial charge in [0.05, 0.1) is 19.2 Å². The minimum Gasteiger partial charge on any atom is -0.469 e. The molecule has 0 aliphatic heterocycles. The summed E-state index contributed by atoms with van der Waals surface area (Å²) in [6, 6.07) is 0.719. The number of carbonyl (C=O) groups is 1. The summed E-state index contributed by atoms with van der Waals surface area (Å²) in [5.41, 5.74) is -1.94. The average molecular weight is 283 g/mol. The van der Waals surface area contributed by atoms with Gasteiger partial charge in [0.25, 0.3) is 0 Å². The molecule has 0 saturated carbocycles. The third-order valence-corrected chi connectivity index (χ3v) is 2.03. The summed E-state index contributed by atoms with van der Waals surface area (Å²) in [6.07, 6.45) is -5.51. The van der Waals surface area contributed by atoms with E-state index in [1.165, 1.54) is 0 Å². The van der Waals surface area contributed by atoms with Gasteiger partial charge in [-0.05, 0) is 0 Å². The second kappa shape index (κ2) is 5.72. The molecule has 1 rings (SSSR count). The van der Waals surface area contributed by atoms with Crippen LogP contribution in [0.15, 0.2) is 10.9 Å². The molecule has 0 amide bonds. The van der Waals surface area contributed by atoms with Gasteiger partial charge in [-0.15, -0.1) is 13.2 Å². The number of hydrogen-bond donors (Lipinski definition) is 1. The Morgan fingerprint density at radius 1 is 1.42 bits per heavy atom. The van der Waals surface area contributed by atoms with Crippen molar-refractivity contribution in [3.8, 4) is 5.75 Å². The predicted octanol–water partition coefficient (Wildman–Crippen LogP) is 1.46. The SMILES string of the molecule is COC(=O)Cc1cc(=O)c(OC(F)(F)F)c(CF)[nH]1.